The Bertz CT molecular complexity index is 410. The van der Waals surface area contributed by atoms with Crippen molar-refractivity contribution >= 4 is 21.9 Å². The molecule has 0 bridgehead atoms. The van der Waals surface area contributed by atoms with Gasteiger partial charge in [0.15, 0.2) is 0 Å². The number of hydrogen-bond acceptors (Lipinski definition) is 4. The lowest BCUT2D eigenvalue weighted by Gasteiger charge is -2.12. The first kappa shape index (κ1) is 16.0. The molecule has 19 heavy (non-hydrogen) atoms. The largest absolute Gasteiger partial charge is 0.493 e. The van der Waals surface area contributed by atoms with Crippen molar-refractivity contribution in [1.29, 1.82) is 0 Å². The smallest absolute Gasteiger partial charge is 0.305 e. The van der Waals surface area contributed by atoms with Crippen LogP contribution in [0.3, 0.4) is 0 Å². The molecule has 1 aromatic carbocycles. The number of esters is 1. The van der Waals surface area contributed by atoms with Crippen LogP contribution in [-0.4, -0.2) is 26.2 Å². The number of halogens is 1. The second-order valence-electron chi connectivity index (χ2n) is 4.06. The quantitative estimate of drug-likeness (QED) is 0.588. The lowest BCUT2D eigenvalue weighted by atomic mass is 10.2. The van der Waals surface area contributed by atoms with E-state index in [4.69, 9.17) is 4.74 Å². The molecule has 4 nitrogen and oxygen atoms in total. The van der Waals surface area contributed by atoms with E-state index in [2.05, 4.69) is 32.9 Å². The predicted molar refractivity (Wildman–Crippen MR) is 78.3 cm³/mol. The number of hydrogen-bond donors (Lipinski definition) is 1. The molecule has 106 valence electrons. The standard InChI is InChI=1S/C14H20BrNO3/c1-3-16-10-11-9-12(15)6-7-13(11)19-8-4-5-14(17)18-2/h6-7,9,16H,3-5,8,10H2,1-2H3. The molecule has 0 saturated carbocycles. The molecule has 0 aliphatic rings. The second-order valence-corrected chi connectivity index (χ2v) is 4.98. The van der Waals surface area contributed by atoms with Crippen molar-refractivity contribution in [3.63, 3.8) is 0 Å². The summed E-state index contributed by atoms with van der Waals surface area (Å²) >= 11 is 3.45. The van der Waals surface area contributed by atoms with Crippen molar-refractivity contribution in [2.45, 2.75) is 26.3 Å². The lowest BCUT2D eigenvalue weighted by molar-refractivity contribution is -0.140. The van der Waals surface area contributed by atoms with Gasteiger partial charge in [0.2, 0.25) is 0 Å². The minimum absolute atomic E-state index is 0.202. The van der Waals surface area contributed by atoms with Crippen LogP contribution < -0.4 is 10.1 Å². The Morgan fingerprint density at radius 3 is 2.89 bits per heavy atom. The zero-order chi connectivity index (χ0) is 14.1. The van der Waals surface area contributed by atoms with Gasteiger partial charge in [0.25, 0.3) is 0 Å². The fourth-order valence-corrected chi connectivity index (χ4v) is 2.00. The minimum Gasteiger partial charge on any atom is -0.493 e. The van der Waals surface area contributed by atoms with Gasteiger partial charge >= 0.3 is 5.97 Å². The topological polar surface area (TPSA) is 47.6 Å². The van der Waals surface area contributed by atoms with Crippen LogP contribution in [0.4, 0.5) is 0 Å². The molecule has 0 aromatic heterocycles. The maximum Gasteiger partial charge on any atom is 0.305 e. The van der Waals surface area contributed by atoms with Gasteiger partial charge in [-0.05, 0) is 31.2 Å². The van der Waals surface area contributed by atoms with Gasteiger partial charge in [-0.2, -0.15) is 0 Å². The summed E-state index contributed by atoms with van der Waals surface area (Å²) in [5.41, 5.74) is 1.11. The Morgan fingerprint density at radius 2 is 2.21 bits per heavy atom. The summed E-state index contributed by atoms with van der Waals surface area (Å²) in [6, 6.07) is 5.93. The molecule has 1 N–H and O–H groups in total. The molecular formula is C14H20BrNO3. The van der Waals surface area contributed by atoms with Gasteiger partial charge in [-0.3, -0.25) is 4.79 Å². The van der Waals surface area contributed by atoms with Crippen molar-refractivity contribution in [3.05, 3.63) is 28.2 Å². The molecule has 5 heteroatoms. The van der Waals surface area contributed by atoms with Crippen LogP contribution >= 0.6 is 15.9 Å². The second kappa shape index (κ2) is 8.93. The predicted octanol–water partition coefficient (Wildman–Crippen LogP) is 2.89. The van der Waals surface area contributed by atoms with Crippen molar-refractivity contribution in [1.82, 2.24) is 5.32 Å². The van der Waals surface area contributed by atoms with E-state index in [1.807, 2.05) is 18.2 Å². The monoisotopic (exact) mass is 329 g/mol. The molecule has 0 radical (unpaired) electrons. The van der Waals surface area contributed by atoms with Gasteiger partial charge in [-0.25, -0.2) is 0 Å². The summed E-state index contributed by atoms with van der Waals surface area (Å²) in [6.07, 6.45) is 1.04. The molecule has 0 amide bonds. The van der Waals surface area contributed by atoms with Gasteiger partial charge in [0, 0.05) is 23.0 Å². The van der Waals surface area contributed by atoms with Crippen LogP contribution in [0.5, 0.6) is 5.75 Å². The average Bonchev–Trinajstić information content (AvgIpc) is 2.42. The first-order valence-corrected chi connectivity index (χ1v) is 7.15. The van der Waals surface area contributed by atoms with Gasteiger partial charge in [-0.15, -0.1) is 0 Å². The van der Waals surface area contributed by atoms with Gasteiger partial charge in [0.1, 0.15) is 5.75 Å². The number of nitrogens with one attached hydrogen (secondary N) is 1. The number of benzene rings is 1. The maximum absolute atomic E-state index is 11.0. The molecule has 0 atom stereocenters. The fourth-order valence-electron chi connectivity index (χ4n) is 1.59. The van der Waals surface area contributed by atoms with E-state index in [1.165, 1.54) is 7.11 Å². The van der Waals surface area contributed by atoms with Crippen molar-refractivity contribution in [2.24, 2.45) is 0 Å². The number of methoxy groups -OCH3 is 1. The normalized spacial score (nSPS) is 10.3. The van der Waals surface area contributed by atoms with Crippen LogP contribution in [-0.2, 0) is 16.1 Å². The van der Waals surface area contributed by atoms with Crippen molar-refractivity contribution in [2.75, 3.05) is 20.3 Å². The van der Waals surface area contributed by atoms with E-state index in [9.17, 15) is 4.79 Å². The van der Waals surface area contributed by atoms with Crippen LogP contribution in [0.1, 0.15) is 25.3 Å². The maximum atomic E-state index is 11.0. The lowest BCUT2D eigenvalue weighted by Crippen LogP contribution is -2.13. The van der Waals surface area contributed by atoms with Crippen molar-refractivity contribution < 1.29 is 14.3 Å². The third-order valence-corrected chi connectivity index (χ3v) is 3.09. The molecular weight excluding hydrogens is 310 g/mol. The van der Waals surface area contributed by atoms with Crippen LogP contribution in [0.15, 0.2) is 22.7 Å². The molecule has 1 rings (SSSR count). The fraction of sp³-hybridized carbons (Fsp3) is 0.500. The zero-order valence-electron chi connectivity index (χ0n) is 11.4. The van der Waals surface area contributed by atoms with E-state index in [0.717, 1.165) is 28.9 Å². The third kappa shape index (κ3) is 6.07. The molecule has 0 aliphatic carbocycles. The Kier molecular flexibility index (Phi) is 7.52. The summed E-state index contributed by atoms with van der Waals surface area (Å²) in [7, 11) is 1.40. The summed E-state index contributed by atoms with van der Waals surface area (Å²) in [5.74, 6) is 0.654. The van der Waals surface area contributed by atoms with Gasteiger partial charge in [0.05, 0.1) is 13.7 Å². The summed E-state index contributed by atoms with van der Waals surface area (Å²) < 4.78 is 11.3. The van der Waals surface area contributed by atoms with Crippen molar-refractivity contribution in [3.8, 4) is 5.75 Å². The minimum atomic E-state index is -0.202. The highest BCUT2D eigenvalue weighted by Crippen LogP contribution is 2.23. The number of carbonyl (C=O) groups is 1. The number of ether oxygens (including phenoxy) is 2. The first-order valence-electron chi connectivity index (χ1n) is 6.36. The Labute approximate surface area is 122 Å². The van der Waals surface area contributed by atoms with E-state index in [0.29, 0.717) is 19.4 Å². The third-order valence-electron chi connectivity index (χ3n) is 2.60. The SMILES string of the molecule is CCNCc1cc(Br)ccc1OCCCC(=O)OC. The molecule has 0 heterocycles. The molecule has 0 unspecified atom stereocenters. The number of rotatable bonds is 8. The Morgan fingerprint density at radius 1 is 1.42 bits per heavy atom. The molecule has 0 fully saturated rings. The van der Waals surface area contributed by atoms with E-state index >= 15 is 0 Å². The molecule has 1 aromatic rings. The Balaban J connectivity index is 2.49. The molecule has 0 aliphatic heterocycles. The average molecular weight is 330 g/mol. The van der Waals surface area contributed by atoms with Crippen LogP contribution in [0.25, 0.3) is 0 Å². The van der Waals surface area contributed by atoms with E-state index in [1.54, 1.807) is 0 Å². The highest BCUT2D eigenvalue weighted by atomic mass is 79.9. The van der Waals surface area contributed by atoms with E-state index < -0.39 is 0 Å². The van der Waals surface area contributed by atoms with Crippen LogP contribution in [0.2, 0.25) is 0 Å². The van der Waals surface area contributed by atoms with Crippen LogP contribution in [0, 0.1) is 0 Å². The highest BCUT2D eigenvalue weighted by molar-refractivity contribution is 9.10. The highest BCUT2D eigenvalue weighted by Gasteiger charge is 2.05. The summed E-state index contributed by atoms with van der Waals surface area (Å²) in [4.78, 5) is 11.0. The van der Waals surface area contributed by atoms with E-state index in [-0.39, 0.29) is 5.97 Å². The number of carbonyl (C=O) groups excluding carboxylic acids is 1. The van der Waals surface area contributed by atoms with Gasteiger partial charge in [-0.1, -0.05) is 22.9 Å². The molecule has 0 spiro atoms. The molecule has 0 saturated heterocycles. The zero-order valence-corrected chi connectivity index (χ0v) is 13.0. The first-order chi connectivity index (χ1) is 9.17. The van der Waals surface area contributed by atoms with Gasteiger partial charge < -0.3 is 14.8 Å². The summed E-state index contributed by atoms with van der Waals surface area (Å²) in [6.45, 7) is 4.25. The Hall–Kier alpha value is -1.07. The summed E-state index contributed by atoms with van der Waals surface area (Å²) in [5, 5.41) is 3.27.